The number of fused-ring (bicyclic) bond motifs is 1. The molecule has 3 atom stereocenters. The van der Waals surface area contributed by atoms with Crippen LogP contribution < -0.4 is 21.1 Å². The second-order valence-electron chi connectivity index (χ2n) is 9.10. The number of aromatic nitrogens is 2. The molecule has 3 N–H and O–H groups in total. The number of H-pyrrole nitrogens is 1. The molecule has 2 aromatic rings. The van der Waals surface area contributed by atoms with Gasteiger partial charge in [-0.1, -0.05) is 19.9 Å². The second kappa shape index (κ2) is 8.17. The quantitative estimate of drug-likeness (QED) is 0.704. The van der Waals surface area contributed by atoms with Crippen molar-refractivity contribution in [2.45, 2.75) is 46.5 Å². The molecule has 0 aliphatic carbocycles. The Hall–Kier alpha value is -3.16. The minimum Gasteiger partial charge on any atom is -0.342 e. The zero-order valence-corrected chi connectivity index (χ0v) is 18.4. The topological polar surface area (TPSA) is 107 Å². The van der Waals surface area contributed by atoms with Crippen LogP contribution in [0.3, 0.4) is 0 Å². The summed E-state index contributed by atoms with van der Waals surface area (Å²) in [5.41, 5.74) is 2.63. The van der Waals surface area contributed by atoms with E-state index in [2.05, 4.69) is 34.4 Å². The van der Waals surface area contributed by atoms with Gasteiger partial charge in [-0.05, 0) is 55.4 Å². The van der Waals surface area contributed by atoms with Gasteiger partial charge in [0.05, 0.1) is 11.5 Å². The number of anilines is 3. The van der Waals surface area contributed by atoms with Gasteiger partial charge in [0.25, 0.3) is 5.56 Å². The van der Waals surface area contributed by atoms with Gasteiger partial charge in [-0.25, -0.2) is 0 Å². The molecule has 8 nitrogen and oxygen atoms in total. The highest BCUT2D eigenvalue weighted by Gasteiger charge is 2.35. The lowest BCUT2D eigenvalue weighted by atomic mass is 9.91. The molecule has 0 spiro atoms. The first-order valence-electron chi connectivity index (χ1n) is 10.8. The molecule has 1 saturated heterocycles. The van der Waals surface area contributed by atoms with Gasteiger partial charge in [0, 0.05) is 25.2 Å². The summed E-state index contributed by atoms with van der Waals surface area (Å²) < 4.78 is 0. The van der Waals surface area contributed by atoms with Crippen LogP contribution in [0, 0.1) is 25.7 Å². The molecule has 164 valence electrons. The van der Waals surface area contributed by atoms with Crippen LogP contribution in [0.25, 0.3) is 0 Å². The molecule has 0 bridgehead atoms. The molecule has 2 amide bonds. The SMILES string of the molecule is Cc1ccc(NC(=O)[C@@H]2CC(=O)Nc3nc(N4C[C@H](C)C[C@H](C)C4)[nH]c(=O)c32)cc1C. The van der Waals surface area contributed by atoms with E-state index < -0.39 is 5.92 Å². The second-order valence-corrected chi connectivity index (χ2v) is 9.10. The van der Waals surface area contributed by atoms with Crippen LogP contribution in [-0.4, -0.2) is 34.9 Å². The number of rotatable bonds is 3. The predicted molar refractivity (Wildman–Crippen MR) is 121 cm³/mol. The highest BCUT2D eigenvalue weighted by Crippen LogP contribution is 2.31. The molecule has 2 aliphatic heterocycles. The molecule has 4 rings (SSSR count). The van der Waals surface area contributed by atoms with Crippen molar-refractivity contribution >= 4 is 29.3 Å². The van der Waals surface area contributed by atoms with Crippen LogP contribution in [0.2, 0.25) is 0 Å². The summed E-state index contributed by atoms with van der Waals surface area (Å²) in [6.07, 6.45) is 1.04. The molecule has 1 fully saturated rings. The monoisotopic (exact) mass is 423 g/mol. The predicted octanol–water partition coefficient (Wildman–Crippen LogP) is 2.93. The Labute approximate surface area is 181 Å². The minimum atomic E-state index is -0.894. The number of aryl methyl sites for hydroxylation is 2. The van der Waals surface area contributed by atoms with Gasteiger partial charge in [-0.3, -0.25) is 19.4 Å². The highest BCUT2D eigenvalue weighted by molar-refractivity contribution is 6.04. The first kappa shape index (κ1) is 21.1. The summed E-state index contributed by atoms with van der Waals surface area (Å²) in [7, 11) is 0. The molecular weight excluding hydrogens is 394 g/mol. The fourth-order valence-corrected chi connectivity index (χ4v) is 4.62. The average molecular weight is 424 g/mol. The van der Waals surface area contributed by atoms with Crippen molar-refractivity contribution in [3.63, 3.8) is 0 Å². The highest BCUT2D eigenvalue weighted by atomic mass is 16.2. The summed E-state index contributed by atoms with van der Waals surface area (Å²) >= 11 is 0. The molecule has 8 heteroatoms. The third-order valence-corrected chi connectivity index (χ3v) is 6.20. The van der Waals surface area contributed by atoms with E-state index in [1.807, 2.05) is 36.9 Å². The van der Waals surface area contributed by atoms with Crippen LogP contribution in [0.15, 0.2) is 23.0 Å². The van der Waals surface area contributed by atoms with E-state index in [0.717, 1.165) is 30.6 Å². The number of hydrogen-bond donors (Lipinski definition) is 3. The van der Waals surface area contributed by atoms with Crippen molar-refractivity contribution in [3.8, 4) is 0 Å². The van der Waals surface area contributed by atoms with Crippen molar-refractivity contribution in [1.29, 1.82) is 0 Å². The van der Waals surface area contributed by atoms with Gasteiger partial charge in [-0.15, -0.1) is 0 Å². The Morgan fingerprint density at radius 3 is 2.52 bits per heavy atom. The molecule has 2 aliphatic rings. The lowest BCUT2D eigenvalue weighted by molar-refractivity contribution is -0.123. The van der Waals surface area contributed by atoms with Gasteiger partial charge in [0.1, 0.15) is 5.82 Å². The minimum absolute atomic E-state index is 0.0917. The van der Waals surface area contributed by atoms with Crippen molar-refractivity contribution < 1.29 is 9.59 Å². The molecule has 0 radical (unpaired) electrons. The Bertz CT molecular complexity index is 1080. The van der Waals surface area contributed by atoms with Crippen molar-refractivity contribution in [2.75, 3.05) is 28.6 Å². The van der Waals surface area contributed by atoms with Gasteiger partial charge >= 0.3 is 0 Å². The van der Waals surface area contributed by atoms with E-state index in [4.69, 9.17) is 0 Å². The summed E-state index contributed by atoms with van der Waals surface area (Å²) in [6.45, 7) is 9.89. The summed E-state index contributed by atoms with van der Waals surface area (Å²) in [5.74, 6) is -0.0160. The lowest BCUT2D eigenvalue weighted by Gasteiger charge is -2.35. The van der Waals surface area contributed by atoms with Gasteiger partial charge in [-0.2, -0.15) is 4.98 Å². The van der Waals surface area contributed by atoms with E-state index in [0.29, 0.717) is 23.5 Å². The Balaban J connectivity index is 1.64. The first-order valence-corrected chi connectivity index (χ1v) is 10.8. The van der Waals surface area contributed by atoms with Crippen LogP contribution in [0.1, 0.15) is 49.3 Å². The largest absolute Gasteiger partial charge is 0.342 e. The number of nitrogens with zero attached hydrogens (tertiary/aromatic N) is 2. The number of hydrogen-bond acceptors (Lipinski definition) is 5. The maximum atomic E-state index is 13.0. The average Bonchev–Trinajstić information content (AvgIpc) is 2.69. The summed E-state index contributed by atoms with van der Waals surface area (Å²) in [5, 5.41) is 5.54. The Morgan fingerprint density at radius 1 is 1.13 bits per heavy atom. The first-order chi connectivity index (χ1) is 14.7. The Morgan fingerprint density at radius 2 is 1.84 bits per heavy atom. The number of piperidine rings is 1. The van der Waals surface area contributed by atoms with E-state index in [1.54, 1.807) is 0 Å². The third kappa shape index (κ3) is 4.33. The van der Waals surface area contributed by atoms with Crippen molar-refractivity contribution in [1.82, 2.24) is 9.97 Å². The van der Waals surface area contributed by atoms with E-state index in [-0.39, 0.29) is 35.2 Å². The molecule has 3 heterocycles. The van der Waals surface area contributed by atoms with Gasteiger partial charge in [0.2, 0.25) is 17.8 Å². The van der Waals surface area contributed by atoms with Gasteiger partial charge < -0.3 is 15.5 Å². The fraction of sp³-hybridized carbons (Fsp3) is 0.478. The smallest absolute Gasteiger partial charge is 0.258 e. The van der Waals surface area contributed by atoms with Crippen LogP contribution in [-0.2, 0) is 9.59 Å². The molecular formula is C23H29N5O3. The third-order valence-electron chi connectivity index (χ3n) is 6.20. The maximum absolute atomic E-state index is 13.0. The standard InChI is InChI=1S/C23H29N5O3/c1-12-7-13(2)11-28(10-12)23-26-20-19(22(31)27-23)17(9-18(29)25-20)21(30)24-16-6-5-14(3)15(4)8-16/h5-6,8,12-13,17H,7,9-11H2,1-4H3,(H,24,30)(H2,25,26,27,29,31)/t12-,13+,17-/m1/s1. The molecule has 0 saturated carbocycles. The van der Waals surface area contributed by atoms with Crippen LogP contribution >= 0.6 is 0 Å². The fourth-order valence-electron chi connectivity index (χ4n) is 4.62. The zero-order valence-electron chi connectivity index (χ0n) is 18.4. The number of aromatic amines is 1. The summed E-state index contributed by atoms with van der Waals surface area (Å²) in [4.78, 5) is 47.8. The van der Waals surface area contributed by atoms with E-state index in [1.165, 1.54) is 0 Å². The number of carbonyl (C=O) groups excluding carboxylic acids is 2. The Kier molecular flexibility index (Phi) is 5.56. The zero-order chi connectivity index (χ0) is 22.3. The number of benzene rings is 1. The molecule has 0 unspecified atom stereocenters. The molecule has 31 heavy (non-hydrogen) atoms. The normalized spacial score (nSPS) is 23.2. The van der Waals surface area contributed by atoms with E-state index in [9.17, 15) is 14.4 Å². The molecule has 1 aromatic carbocycles. The van der Waals surface area contributed by atoms with Crippen LogP contribution in [0.5, 0.6) is 0 Å². The molecule has 1 aromatic heterocycles. The van der Waals surface area contributed by atoms with E-state index >= 15 is 0 Å². The lowest BCUT2D eigenvalue weighted by Crippen LogP contribution is -2.42. The number of carbonyl (C=O) groups is 2. The van der Waals surface area contributed by atoms with Crippen LogP contribution in [0.4, 0.5) is 17.5 Å². The number of nitrogens with one attached hydrogen (secondary N) is 3. The van der Waals surface area contributed by atoms with Crippen molar-refractivity contribution in [2.24, 2.45) is 11.8 Å². The van der Waals surface area contributed by atoms with Gasteiger partial charge in [0.15, 0.2) is 0 Å². The summed E-state index contributed by atoms with van der Waals surface area (Å²) in [6, 6.07) is 5.61. The maximum Gasteiger partial charge on any atom is 0.258 e. The van der Waals surface area contributed by atoms with Crippen molar-refractivity contribution in [3.05, 3.63) is 45.2 Å². The number of amides is 2.